The summed E-state index contributed by atoms with van der Waals surface area (Å²) in [6.45, 7) is 4.63. The molecule has 0 spiro atoms. The second-order valence-corrected chi connectivity index (χ2v) is 23.0. The van der Waals surface area contributed by atoms with Crippen molar-refractivity contribution in [2.45, 2.75) is 283 Å². The normalized spacial score (nSPS) is 13.4. The summed E-state index contributed by atoms with van der Waals surface area (Å²) >= 11 is 0. The molecule has 0 aliphatic heterocycles. The largest absolute Gasteiger partial charge is 0.545 e. The van der Waals surface area contributed by atoms with Gasteiger partial charge in [-0.2, -0.15) is 0 Å². The first-order valence-electron chi connectivity index (χ1n) is 33.0. The Kier molecular flexibility index (Phi) is 58.9. The van der Waals surface area contributed by atoms with Gasteiger partial charge in [0.1, 0.15) is 13.2 Å². The van der Waals surface area contributed by atoms with Gasteiger partial charge in [-0.1, -0.05) is 264 Å². The van der Waals surface area contributed by atoms with Crippen LogP contribution in [0.15, 0.2) is 109 Å². The van der Waals surface area contributed by atoms with E-state index in [1.165, 1.54) is 141 Å². The number of quaternary nitrogens is 1. The zero-order valence-corrected chi connectivity index (χ0v) is 52.9. The first-order valence-corrected chi connectivity index (χ1v) is 33.0. The summed E-state index contributed by atoms with van der Waals surface area (Å²) in [5.41, 5.74) is 0. The molecule has 0 aromatic carbocycles. The van der Waals surface area contributed by atoms with Crippen LogP contribution < -0.4 is 5.11 Å². The molecule has 9 nitrogen and oxygen atoms in total. The fourth-order valence-electron chi connectivity index (χ4n) is 8.96. The second kappa shape index (κ2) is 62.0. The summed E-state index contributed by atoms with van der Waals surface area (Å²) in [4.78, 5) is 37.4. The molecule has 464 valence electrons. The lowest BCUT2D eigenvalue weighted by Crippen LogP contribution is -2.44. The fraction of sp³-hybridized carbons (Fsp3) is 0.708. The monoisotopic (exact) mass is 1130 g/mol. The molecule has 2 atom stereocenters. The Morgan fingerprint density at radius 3 is 1.05 bits per heavy atom. The van der Waals surface area contributed by atoms with Crippen LogP contribution in [0.1, 0.15) is 271 Å². The predicted octanol–water partition coefficient (Wildman–Crippen LogP) is 18.9. The standard InChI is InChI=1S/C72H123NO8/c1-6-8-10-12-14-16-18-20-22-24-26-28-30-32-34-35-37-39-41-43-45-47-49-51-53-55-57-59-61-63-70(75)81-68(67-80-72(71(76)77)78-65-64-73(3,4)5)66-79-69(74)62-60-58-56-54-52-50-48-46-44-42-40-38-36-33-31-29-27-25-23-21-19-17-15-13-11-9-7-2/h8,10,14,16,19-22,25-28,31-34,37,39,68,72H,6-7,9,11-13,15,17-18,23-24,29-30,35-36,38,40-67H2,1-5H3/b10-8-,16-14-,21-19-,22-20-,27-25-,28-26-,33-31-,34-32-,39-37-. The van der Waals surface area contributed by atoms with Crippen molar-refractivity contribution in [2.75, 3.05) is 47.5 Å². The Labute approximate surface area is 498 Å². The van der Waals surface area contributed by atoms with E-state index in [0.717, 1.165) is 96.3 Å². The lowest BCUT2D eigenvalue weighted by molar-refractivity contribution is -0.870. The van der Waals surface area contributed by atoms with Gasteiger partial charge in [0.2, 0.25) is 0 Å². The Morgan fingerprint density at radius 1 is 0.383 bits per heavy atom. The molecular formula is C72H123NO8. The number of hydrogen-bond donors (Lipinski definition) is 0. The molecule has 0 aromatic rings. The van der Waals surface area contributed by atoms with E-state index in [1.807, 2.05) is 21.1 Å². The van der Waals surface area contributed by atoms with Crippen LogP contribution >= 0.6 is 0 Å². The highest BCUT2D eigenvalue weighted by Crippen LogP contribution is 2.16. The molecule has 9 heteroatoms. The van der Waals surface area contributed by atoms with Crippen LogP contribution in [0.5, 0.6) is 0 Å². The lowest BCUT2D eigenvalue weighted by Gasteiger charge is -2.26. The molecule has 0 rings (SSSR count). The highest BCUT2D eigenvalue weighted by molar-refractivity contribution is 5.70. The Morgan fingerprint density at radius 2 is 0.704 bits per heavy atom. The molecule has 0 saturated carbocycles. The maximum absolute atomic E-state index is 12.9. The van der Waals surface area contributed by atoms with Crippen molar-refractivity contribution in [3.8, 4) is 0 Å². The zero-order valence-electron chi connectivity index (χ0n) is 52.9. The minimum absolute atomic E-state index is 0.142. The molecule has 0 heterocycles. The average molecular weight is 1130 g/mol. The van der Waals surface area contributed by atoms with Crippen molar-refractivity contribution in [2.24, 2.45) is 0 Å². The highest BCUT2D eigenvalue weighted by Gasteiger charge is 2.22. The number of rotatable bonds is 60. The van der Waals surface area contributed by atoms with Crippen LogP contribution in [0, 0.1) is 0 Å². The molecule has 0 aliphatic carbocycles. The topological polar surface area (TPSA) is 111 Å². The van der Waals surface area contributed by atoms with Gasteiger partial charge in [0.05, 0.1) is 40.3 Å². The van der Waals surface area contributed by atoms with Gasteiger partial charge in [0.15, 0.2) is 12.4 Å². The number of likely N-dealkylation sites (N-methyl/N-ethyl adjacent to an activating group) is 1. The van der Waals surface area contributed by atoms with E-state index in [4.69, 9.17) is 18.9 Å². The molecule has 0 saturated heterocycles. The Bertz CT molecular complexity index is 1700. The second-order valence-electron chi connectivity index (χ2n) is 23.0. The van der Waals surface area contributed by atoms with Crippen molar-refractivity contribution < 1.29 is 42.9 Å². The number of carboxylic acid groups (broad SMARTS) is 1. The molecule has 81 heavy (non-hydrogen) atoms. The van der Waals surface area contributed by atoms with Gasteiger partial charge in [0.25, 0.3) is 0 Å². The number of allylic oxidation sites excluding steroid dienone is 18. The Hall–Kier alpha value is -4.05. The maximum atomic E-state index is 12.9. The van der Waals surface area contributed by atoms with E-state index < -0.39 is 24.3 Å². The summed E-state index contributed by atoms with van der Waals surface area (Å²) in [6.07, 6.45) is 82.9. The summed E-state index contributed by atoms with van der Waals surface area (Å²) in [5.74, 6) is -2.29. The number of carboxylic acids is 1. The minimum Gasteiger partial charge on any atom is -0.545 e. The van der Waals surface area contributed by atoms with E-state index in [2.05, 4.69) is 123 Å². The van der Waals surface area contributed by atoms with Crippen LogP contribution in [0.25, 0.3) is 0 Å². The number of carbonyl (C=O) groups excluding carboxylic acids is 3. The summed E-state index contributed by atoms with van der Waals surface area (Å²) in [6, 6.07) is 0. The molecule has 0 radical (unpaired) electrons. The maximum Gasteiger partial charge on any atom is 0.306 e. The van der Waals surface area contributed by atoms with Crippen molar-refractivity contribution in [3.05, 3.63) is 109 Å². The fourth-order valence-corrected chi connectivity index (χ4v) is 8.96. The third-order valence-electron chi connectivity index (χ3n) is 14.0. The van der Waals surface area contributed by atoms with E-state index in [1.54, 1.807) is 0 Å². The van der Waals surface area contributed by atoms with Gasteiger partial charge >= 0.3 is 11.9 Å². The number of carbonyl (C=O) groups is 3. The summed E-state index contributed by atoms with van der Waals surface area (Å²) in [7, 11) is 5.92. The SMILES string of the molecule is CC/C=C\C/C=C\C/C=C\C/C=C\C/C=C\C/C=C\CCCCCCCCCCCCC(=O)OC(COC(=O)CCCCCCCCCCCCCC/C=C\C/C=C\C/C=C\CCCCCCC)COC(OCC[N+](C)(C)C)C(=O)[O-]. The van der Waals surface area contributed by atoms with E-state index >= 15 is 0 Å². The van der Waals surface area contributed by atoms with Gasteiger partial charge in [-0.05, 0) is 103 Å². The molecule has 0 aliphatic rings. The number of aliphatic carboxylic acids is 1. The molecule has 0 fully saturated rings. The molecule has 0 aromatic heterocycles. The quantitative estimate of drug-likeness (QED) is 0.0195. The van der Waals surface area contributed by atoms with E-state index in [9.17, 15) is 19.5 Å². The van der Waals surface area contributed by atoms with Crippen LogP contribution in [-0.2, 0) is 33.3 Å². The average Bonchev–Trinajstić information content (AvgIpc) is 3.44. The summed E-state index contributed by atoms with van der Waals surface area (Å²) in [5, 5.41) is 11.8. The first kappa shape index (κ1) is 77.0. The van der Waals surface area contributed by atoms with Gasteiger partial charge in [-0.3, -0.25) is 9.59 Å². The summed E-state index contributed by atoms with van der Waals surface area (Å²) < 4.78 is 22.8. The lowest BCUT2D eigenvalue weighted by atomic mass is 10.0. The smallest absolute Gasteiger partial charge is 0.306 e. The third-order valence-corrected chi connectivity index (χ3v) is 14.0. The van der Waals surface area contributed by atoms with Gasteiger partial charge in [0, 0.05) is 12.8 Å². The molecular weight excluding hydrogens is 1010 g/mol. The first-order chi connectivity index (χ1) is 39.6. The van der Waals surface area contributed by atoms with Gasteiger partial charge in [-0.25, -0.2) is 0 Å². The van der Waals surface area contributed by atoms with E-state index in [-0.39, 0.29) is 38.6 Å². The molecule has 0 bridgehead atoms. The van der Waals surface area contributed by atoms with Crippen molar-refractivity contribution >= 4 is 17.9 Å². The predicted molar refractivity (Wildman–Crippen MR) is 343 cm³/mol. The zero-order chi connectivity index (χ0) is 59.1. The molecule has 0 amide bonds. The van der Waals surface area contributed by atoms with Gasteiger partial charge in [-0.15, -0.1) is 0 Å². The highest BCUT2D eigenvalue weighted by atomic mass is 16.7. The van der Waals surface area contributed by atoms with Crippen molar-refractivity contribution in [3.63, 3.8) is 0 Å². The number of esters is 2. The van der Waals surface area contributed by atoms with Crippen LogP contribution in [-0.4, -0.2) is 82.3 Å². The van der Waals surface area contributed by atoms with Gasteiger partial charge < -0.3 is 33.3 Å². The van der Waals surface area contributed by atoms with E-state index in [0.29, 0.717) is 17.4 Å². The molecule has 2 unspecified atom stereocenters. The third kappa shape index (κ3) is 63.4. The number of unbranched alkanes of at least 4 members (excludes halogenated alkanes) is 27. The van der Waals surface area contributed by atoms with Crippen molar-refractivity contribution in [1.29, 1.82) is 0 Å². The number of hydrogen-bond acceptors (Lipinski definition) is 8. The molecule has 0 N–H and O–H groups in total. The van der Waals surface area contributed by atoms with Crippen molar-refractivity contribution in [1.82, 2.24) is 0 Å². The number of nitrogens with zero attached hydrogens (tertiary/aromatic N) is 1. The van der Waals surface area contributed by atoms with Crippen LogP contribution in [0.3, 0.4) is 0 Å². The van der Waals surface area contributed by atoms with Crippen LogP contribution in [0.2, 0.25) is 0 Å². The minimum atomic E-state index is -1.63. The Balaban J connectivity index is 4.20. The number of ether oxygens (including phenoxy) is 4. The van der Waals surface area contributed by atoms with Crippen LogP contribution in [0.4, 0.5) is 0 Å².